The van der Waals surface area contributed by atoms with Gasteiger partial charge >= 0.3 is 0 Å². The molecule has 0 fully saturated rings. The molecule has 0 radical (unpaired) electrons. The molecule has 1 aromatic heterocycles. The highest BCUT2D eigenvalue weighted by Gasteiger charge is 2.21. The van der Waals surface area contributed by atoms with Crippen LogP contribution in [0.3, 0.4) is 0 Å². The number of amides is 1. The molecule has 0 aliphatic carbocycles. The summed E-state index contributed by atoms with van der Waals surface area (Å²) < 4.78 is 0. The first-order chi connectivity index (χ1) is 6.46. The minimum atomic E-state index is -0.204. The van der Waals surface area contributed by atoms with E-state index in [0.29, 0.717) is 4.88 Å². The summed E-state index contributed by atoms with van der Waals surface area (Å²) in [7, 11) is 0. The summed E-state index contributed by atoms with van der Waals surface area (Å²) in [6.07, 6.45) is 0.870. The lowest BCUT2D eigenvalue weighted by Gasteiger charge is -2.23. The van der Waals surface area contributed by atoms with Crippen molar-refractivity contribution >= 4 is 28.8 Å². The van der Waals surface area contributed by atoms with Gasteiger partial charge in [-0.05, 0) is 20.3 Å². The Hall–Kier alpha value is -0.610. The third kappa shape index (κ3) is 2.69. The third-order valence-electron chi connectivity index (χ3n) is 2.07. The Bertz CT molecular complexity index is 335. The quantitative estimate of drug-likeness (QED) is 0.871. The van der Waals surface area contributed by atoms with Gasteiger partial charge in [-0.25, -0.2) is 4.98 Å². The number of thiazole rings is 1. The SMILES string of the molecule is CCC(C)(C)NC(=O)c1scnc1Cl. The van der Waals surface area contributed by atoms with Crippen LogP contribution in [-0.2, 0) is 0 Å². The average molecular weight is 233 g/mol. The molecular weight excluding hydrogens is 220 g/mol. The van der Waals surface area contributed by atoms with Crippen LogP contribution in [0, 0.1) is 0 Å². The summed E-state index contributed by atoms with van der Waals surface area (Å²) in [6.45, 7) is 5.97. The molecule has 78 valence electrons. The fourth-order valence-electron chi connectivity index (χ4n) is 0.832. The van der Waals surface area contributed by atoms with Crippen LogP contribution in [0.15, 0.2) is 5.51 Å². The first kappa shape index (κ1) is 11.5. The Balaban J connectivity index is 2.73. The molecule has 3 nitrogen and oxygen atoms in total. The molecule has 14 heavy (non-hydrogen) atoms. The minimum absolute atomic E-state index is 0.149. The molecule has 0 bridgehead atoms. The largest absolute Gasteiger partial charge is 0.346 e. The van der Waals surface area contributed by atoms with Gasteiger partial charge in [0.25, 0.3) is 5.91 Å². The second kappa shape index (κ2) is 4.28. The van der Waals surface area contributed by atoms with Crippen LogP contribution in [0.5, 0.6) is 0 Å². The summed E-state index contributed by atoms with van der Waals surface area (Å²) in [5.74, 6) is -0.149. The summed E-state index contributed by atoms with van der Waals surface area (Å²) in [4.78, 5) is 16.0. The fourth-order valence-corrected chi connectivity index (χ4v) is 1.73. The lowest BCUT2D eigenvalue weighted by atomic mass is 10.0. The number of halogens is 1. The summed E-state index contributed by atoms with van der Waals surface area (Å²) in [5.41, 5.74) is 1.36. The molecule has 0 saturated carbocycles. The molecule has 0 unspecified atom stereocenters. The van der Waals surface area contributed by atoms with Gasteiger partial charge in [0.15, 0.2) is 5.15 Å². The Morgan fingerprint density at radius 3 is 2.79 bits per heavy atom. The lowest BCUT2D eigenvalue weighted by molar-refractivity contribution is 0.0915. The zero-order valence-corrected chi connectivity index (χ0v) is 10.00. The van der Waals surface area contributed by atoms with E-state index in [2.05, 4.69) is 10.3 Å². The van der Waals surface area contributed by atoms with Gasteiger partial charge in [-0.15, -0.1) is 11.3 Å². The highest BCUT2D eigenvalue weighted by atomic mass is 35.5. The second-order valence-corrected chi connectivity index (χ2v) is 4.88. The van der Waals surface area contributed by atoms with E-state index in [9.17, 15) is 4.79 Å². The maximum atomic E-state index is 11.7. The molecule has 1 heterocycles. The highest BCUT2D eigenvalue weighted by molar-refractivity contribution is 7.12. The monoisotopic (exact) mass is 232 g/mol. The molecule has 0 atom stereocenters. The van der Waals surface area contributed by atoms with Crippen molar-refractivity contribution in [3.63, 3.8) is 0 Å². The van der Waals surface area contributed by atoms with Crippen molar-refractivity contribution in [3.8, 4) is 0 Å². The van der Waals surface area contributed by atoms with E-state index < -0.39 is 0 Å². The van der Waals surface area contributed by atoms with Gasteiger partial charge in [-0.2, -0.15) is 0 Å². The van der Waals surface area contributed by atoms with Crippen molar-refractivity contribution in [1.29, 1.82) is 0 Å². The molecule has 1 aromatic rings. The Morgan fingerprint density at radius 2 is 2.36 bits per heavy atom. The molecule has 0 spiro atoms. The smallest absolute Gasteiger partial charge is 0.264 e. The van der Waals surface area contributed by atoms with Gasteiger partial charge < -0.3 is 5.32 Å². The number of nitrogens with zero attached hydrogens (tertiary/aromatic N) is 1. The maximum absolute atomic E-state index is 11.7. The molecule has 1 amide bonds. The van der Waals surface area contributed by atoms with Crippen LogP contribution in [0.25, 0.3) is 0 Å². The van der Waals surface area contributed by atoms with Crippen LogP contribution in [0.2, 0.25) is 5.15 Å². The Labute approximate surface area is 92.5 Å². The van der Waals surface area contributed by atoms with Gasteiger partial charge in [-0.1, -0.05) is 18.5 Å². The van der Waals surface area contributed by atoms with Gasteiger partial charge in [0.05, 0.1) is 5.51 Å². The maximum Gasteiger partial charge on any atom is 0.264 e. The third-order valence-corrected chi connectivity index (χ3v) is 3.29. The van der Waals surface area contributed by atoms with Crippen LogP contribution in [0.4, 0.5) is 0 Å². The fraction of sp³-hybridized carbons (Fsp3) is 0.556. The highest BCUT2D eigenvalue weighted by Crippen LogP contribution is 2.19. The Kier molecular flexibility index (Phi) is 3.50. The number of rotatable bonds is 3. The van der Waals surface area contributed by atoms with E-state index in [-0.39, 0.29) is 16.6 Å². The van der Waals surface area contributed by atoms with E-state index in [1.165, 1.54) is 11.3 Å². The summed E-state index contributed by atoms with van der Waals surface area (Å²) in [6, 6.07) is 0. The van der Waals surface area contributed by atoms with Crippen molar-refractivity contribution in [2.24, 2.45) is 0 Å². The van der Waals surface area contributed by atoms with Gasteiger partial charge in [0, 0.05) is 5.54 Å². The predicted molar refractivity (Wildman–Crippen MR) is 59.0 cm³/mol. The normalized spacial score (nSPS) is 11.4. The average Bonchev–Trinajstić information content (AvgIpc) is 2.51. The van der Waals surface area contributed by atoms with Crippen LogP contribution >= 0.6 is 22.9 Å². The number of aromatic nitrogens is 1. The Morgan fingerprint density at radius 1 is 1.71 bits per heavy atom. The molecule has 0 aliphatic rings. The van der Waals surface area contributed by atoms with E-state index in [0.717, 1.165) is 6.42 Å². The van der Waals surface area contributed by atoms with Gasteiger partial charge in [-0.3, -0.25) is 4.79 Å². The van der Waals surface area contributed by atoms with Crippen molar-refractivity contribution in [2.75, 3.05) is 0 Å². The number of carbonyl (C=O) groups is 1. The zero-order chi connectivity index (χ0) is 10.8. The first-order valence-corrected chi connectivity index (χ1v) is 5.63. The molecular formula is C9H13ClN2OS. The minimum Gasteiger partial charge on any atom is -0.346 e. The summed E-state index contributed by atoms with van der Waals surface area (Å²) >= 11 is 7.00. The second-order valence-electron chi connectivity index (χ2n) is 3.66. The van der Waals surface area contributed by atoms with Crippen molar-refractivity contribution in [1.82, 2.24) is 10.3 Å². The van der Waals surface area contributed by atoms with E-state index in [1.807, 2.05) is 20.8 Å². The van der Waals surface area contributed by atoms with E-state index in [1.54, 1.807) is 5.51 Å². The van der Waals surface area contributed by atoms with Gasteiger partial charge in [0.1, 0.15) is 4.88 Å². The molecule has 1 N–H and O–H groups in total. The van der Waals surface area contributed by atoms with Crippen molar-refractivity contribution in [2.45, 2.75) is 32.7 Å². The van der Waals surface area contributed by atoms with E-state index >= 15 is 0 Å². The number of nitrogens with one attached hydrogen (secondary N) is 1. The number of hydrogen-bond donors (Lipinski definition) is 1. The number of hydrogen-bond acceptors (Lipinski definition) is 3. The molecule has 1 rings (SSSR count). The predicted octanol–water partition coefficient (Wildman–Crippen LogP) is 2.71. The van der Waals surface area contributed by atoms with Crippen LogP contribution in [-0.4, -0.2) is 16.4 Å². The molecule has 0 aromatic carbocycles. The van der Waals surface area contributed by atoms with Crippen LogP contribution < -0.4 is 5.32 Å². The molecule has 0 saturated heterocycles. The molecule has 0 aliphatic heterocycles. The lowest BCUT2D eigenvalue weighted by Crippen LogP contribution is -2.42. The van der Waals surface area contributed by atoms with Crippen LogP contribution in [0.1, 0.15) is 36.9 Å². The van der Waals surface area contributed by atoms with Crippen molar-refractivity contribution < 1.29 is 4.79 Å². The first-order valence-electron chi connectivity index (χ1n) is 4.38. The molecule has 5 heteroatoms. The summed E-state index contributed by atoms with van der Waals surface area (Å²) in [5, 5.41) is 3.17. The standard InChI is InChI=1S/C9H13ClN2OS/c1-4-9(2,3)12-8(13)6-7(10)11-5-14-6/h5H,4H2,1-3H3,(H,12,13). The van der Waals surface area contributed by atoms with Crippen molar-refractivity contribution in [3.05, 3.63) is 15.5 Å². The van der Waals surface area contributed by atoms with Gasteiger partial charge in [0.2, 0.25) is 0 Å². The zero-order valence-electron chi connectivity index (χ0n) is 8.43. The van der Waals surface area contributed by atoms with E-state index in [4.69, 9.17) is 11.6 Å². The number of carbonyl (C=O) groups excluding carboxylic acids is 1. The topological polar surface area (TPSA) is 42.0 Å².